The van der Waals surface area contributed by atoms with Crippen LogP contribution in [0.4, 0.5) is 0 Å². The quantitative estimate of drug-likeness (QED) is 0.770. The molecule has 0 radical (unpaired) electrons. The van der Waals surface area contributed by atoms with Gasteiger partial charge < -0.3 is 19.7 Å². The van der Waals surface area contributed by atoms with Crippen LogP contribution < -0.4 is 14.8 Å². The maximum absolute atomic E-state index is 5.60. The SMILES string of the molecule is COc1ccc(OC)c(C(C)C2CN(CCCc3ccccc3)CCN2)c1. The molecular formula is C23H32N2O2. The van der Waals surface area contributed by atoms with Gasteiger partial charge in [0.15, 0.2) is 0 Å². The van der Waals surface area contributed by atoms with Crippen molar-refractivity contribution in [3.63, 3.8) is 0 Å². The first-order chi connectivity index (χ1) is 13.2. The number of rotatable bonds is 8. The third-order valence-corrected chi connectivity index (χ3v) is 5.60. The van der Waals surface area contributed by atoms with Crippen LogP contribution in [-0.2, 0) is 6.42 Å². The summed E-state index contributed by atoms with van der Waals surface area (Å²) in [5, 5.41) is 3.71. The topological polar surface area (TPSA) is 33.7 Å². The molecule has 0 spiro atoms. The summed E-state index contributed by atoms with van der Waals surface area (Å²) in [6.45, 7) is 6.65. The summed E-state index contributed by atoms with van der Waals surface area (Å²) in [7, 11) is 3.45. The maximum Gasteiger partial charge on any atom is 0.122 e. The zero-order valence-electron chi connectivity index (χ0n) is 16.8. The molecule has 3 rings (SSSR count). The Morgan fingerprint density at radius 1 is 1.11 bits per heavy atom. The predicted octanol–water partition coefficient (Wildman–Crippen LogP) is 3.71. The number of nitrogens with zero attached hydrogens (tertiary/aromatic N) is 1. The number of hydrogen-bond donors (Lipinski definition) is 1. The molecule has 0 bridgehead atoms. The van der Waals surface area contributed by atoms with Gasteiger partial charge in [0.1, 0.15) is 11.5 Å². The van der Waals surface area contributed by atoms with Crippen LogP contribution in [0.5, 0.6) is 11.5 Å². The van der Waals surface area contributed by atoms with E-state index in [-0.39, 0.29) is 0 Å². The molecule has 0 aliphatic carbocycles. The zero-order valence-corrected chi connectivity index (χ0v) is 16.8. The van der Waals surface area contributed by atoms with Crippen molar-refractivity contribution in [1.29, 1.82) is 0 Å². The Labute approximate surface area is 163 Å². The standard InChI is InChI=1S/C23H32N2O2/c1-18(21-16-20(26-2)11-12-23(21)27-3)22-17-25(15-13-24-22)14-7-10-19-8-5-4-6-9-19/h4-6,8-9,11-12,16,18,22,24H,7,10,13-15,17H2,1-3H3. The average molecular weight is 369 g/mol. The first-order valence-corrected chi connectivity index (χ1v) is 9.93. The second kappa shape index (κ2) is 9.77. The van der Waals surface area contributed by atoms with Gasteiger partial charge in [0, 0.05) is 37.2 Å². The van der Waals surface area contributed by atoms with E-state index in [0.717, 1.165) is 44.1 Å². The number of methoxy groups -OCH3 is 2. The van der Waals surface area contributed by atoms with Crippen molar-refractivity contribution in [3.05, 3.63) is 59.7 Å². The molecule has 146 valence electrons. The molecule has 2 unspecified atom stereocenters. The van der Waals surface area contributed by atoms with E-state index in [1.54, 1.807) is 14.2 Å². The minimum absolute atomic E-state index is 0.354. The van der Waals surface area contributed by atoms with E-state index >= 15 is 0 Å². The molecule has 0 aromatic heterocycles. The van der Waals surface area contributed by atoms with Crippen molar-refractivity contribution in [2.45, 2.75) is 31.7 Å². The highest BCUT2D eigenvalue weighted by molar-refractivity contribution is 5.43. The average Bonchev–Trinajstić information content (AvgIpc) is 2.73. The molecule has 1 saturated heterocycles. The third kappa shape index (κ3) is 5.24. The Morgan fingerprint density at radius 3 is 2.67 bits per heavy atom. The van der Waals surface area contributed by atoms with Crippen LogP contribution in [0.2, 0.25) is 0 Å². The molecule has 0 amide bonds. The van der Waals surface area contributed by atoms with Gasteiger partial charge in [-0.1, -0.05) is 37.3 Å². The molecule has 1 heterocycles. The number of nitrogens with one attached hydrogen (secondary N) is 1. The molecule has 1 aliphatic rings. The van der Waals surface area contributed by atoms with Crippen LogP contribution in [0, 0.1) is 0 Å². The lowest BCUT2D eigenvalue weighted by molar-refractivity contribution is 0.185. The van der Waals surface area contributed by atoms with Gasteiger partial charge in [-0.05, 0) is 43.1 Å². The Balaban J connectivity index is 1.58. The van der Waals surface area contributed by atoms with Crippen molar-refractivity contribution in [2.24, 2.45) is 0 Å². The molecule has 2 aromatic rings. The molecule has 4 heteroatoms. The number of ether oxygens (including phenoxy) is 2. The van der Waals surface area contributed by atoms with Crippen molar-refractivity contribution in [1.82, 2.24) is 10.2 Å². The lowest BCUT2D eigenvalue weighted by Crippen LogP contribution is -2.52. The molecule has 27 heavy (non-hydrogen) atoms. The summed E-state index contributed by atoms with van der Waals surface area (Å²) < 4.78 is 11.0. The number of piperazine rings is 1. The van der Waals surface area contributed by atoms with Gasteiger partial charge in [-0.2, -0.15) is 0 Å². The fourth-order valence-electron chi connectivity index (χ4n) is 3.94. The summed E-state index contributed by atoms with van der Waals surface area (Å²) in [5.41, 5.74) is 2.64. The predicted molar refractivity (Wildman–Crippen MR) is 111 cm³/mol. The van der Waals surface area contributed by atoms with Crippen molar-refractivity contribution in [2.75, 3.05) is 40.4 Å². The highest BCUT2D eigenvalue weighted by atomic mass is 16.5. The normalized spacial score (nSPS) is 18.9. The minimum Gasteiger partial charge on any atom is -0.497 e. The van der Waals surface area contributed by atoms with Crippen LogP contribution in [0.25, 0.3) is 0 Å². The summed E-state index contributed by atoms with van der Waals surface area (Å²) in [6, 6.07) is 17.3. The summed E-state index contributed by atoms with van der Waals surface area (Å²) in [5.74, 6) is 2.17. The van der Waals surface area contributed by atoms with E-state index < -0.39 is 0 Å². The Bertz CT molecular complexity index is 705. The summed E-state index contributed by atoms with van der Waals surface area (Å²) in [4.78, 5) is 2.59. The van der Waals surface area contributed by atoms with Gasteiger partial charge in [-0.15, -0.1) is 0 Å². The number of hydrogen-bond acceptors (Lipinski definition) is 4. The Morgan fingerprint density at radius 2 is 1.93 bits per heavy atom. The van der Waals surface area contributed by atoms with E-state index in [1.807, 2.05) is 12.1 Å². The lowest BCUT2D eigenvalue weighted by Gasteiger charge is -2.37. The summed E-state index contributed by atoms with van der Waals surface area (Å²) >= 11 is 0. The van der Waals surface area contributed by atoms with E-state index in [1.165, 1.54) is 17.5 Å². The minimum atomic E-state index is 0.354. The van der Waals surface area contributed by atoms with E-state index in [9.17, 15) is 0 Å². The molecular weight excluding hydrogens is 336 g/mol. The highest BCUT2D eigenvalue weighted by Crippen LogP contribution is 2.33. The largest absolute Gasteiger partial charge is 0.497 e. The molecule has 2 aromatic carbocycles. The fourth-order valence-corrected chi connectivity index (χ4v) is 3.94. The summed E-state index contributed by atoms with van der Waals surface area (Å²) in [6.07, 6.45) is 2.35. The van der Waals surface area contributed by atoms with Gasteiger partial charge in [-0.25, -0.2) is 0 Å². The van der Waals surface area contributed by atoms with Crippen molar-refractivity contribution < 1.29 is 9.47 Å². The van der Waals surface area contributed by atoms with Gasteiger partial charge in [0.25, 0.3) is 0 Å². The van der Waals surface area contributed by atoms with Crippen LogP contribution in [0.1, 0.15) is 30.4 Å². The van der Waals surface area contributed by atoms with E-state index in [2.05, 4.69) is 53.5 Å². The second-order valence-corrected chi connectivity index (χ2v) is 7.35. The van der Waals surface area contributed by atoms with Crippen molar-refractivity contribution >= 4 is 0 Å². The van der Waals surface area contributed by atoms with Gasteiger partial charge >= 0.3 is 0 Å². The highest BCUT2D eigenvalue weighted by Gasteiger charge is 2.27. The second-order valence-electron chi connectivity index (χ2n) is 7.35. The van der Waals surface area contributed by atoms with Gasteiger partial charge in [-0.3, -0.25) is 0 Å². The monoisotopic (exact) mass is 368 g/mol. The molecule has 1 fully saturated rings. The third-order valence-electron chi connectivity index (χ3n) is 5.60. The number of benzene rings is 2. The van der Waals surface area contributed by atoms with Crippen LogP contribution >= 0.6 is 0 Å². The molecule has 1 N–H and O–H groups in total. The number of aryl methyl sites for hydroxylation is 1. The van der Waals surface area contributed by atoms with Gasteiger partial charge in [0.05, 0.1) is 14.2 Å². The fraction of sp³-hybridized carbons (Fsp3) is 0.478. The molecule has 1 aliphatic heterocycles. The Kier molecular flexibility index (Phi) is 7.13. The van der Waals surface area contributed by atoms with Crippen molar-refractivity contribution in [3.8, 4) is 11.5 Å². The van der Waals surface area contributed by atoms with Crippen LogP contribution in [0.15, 0.2) is 48.5 Å². The molecule has 0 saturated carbocycles. The van der Waals surface area contributed by atoms with Gasteiger partial charge in [0.2, 0.25) is 0 Å². The first-order valence-electron chi connectivity index (χ1n) is 9.93. The Hall–Kier alpha value is -2.04. The maximum atomic E-state index is 5.60. The van der Waals surface area contributed by atoms with Crippen LogP contribution in [0.3, 0.4) is 0 Å². The molecule has 2 atom stereocenters. The smallest absolute Gasteiger partial charge is 0.122 e. The van der Waals surface area contributed by atoms with E-state index in [0.29, 0.717) is 12.0 Å². The molecule has 4 nitrogen and oxygen atoms in total. The van der Waals surface area contributed by atoms with Crippen LogP contribution in [-0.4, -0.2) is 51.3 Å². The zero-order chi connectivity index (χ0) is 19.1. The first kappa shape index (κ1) is 19.7. The lowest BCUT2D eigenvalue weighted by atomic mass is 9.90. The van der Waals surface area contributed by atoms with E-state index in [4.69, 9.17) is 9.47 Å².